The van der Waals surface area contributed by atoms with Crippen molar-refractivity contribution in [1.82, 2.24) is 9.80 Å². The second-order valence-electron chi connectivity index (χ2n) is 6.15. The number of nitrogens with two attached hydrogens (primary N) is 1. The molecular formula is C17H29N3. The van der Waals surface area contributed by atoms with Crippen LogP contribution < -0.4 is 5.73 Å². The molecule has 112 valence electrons. The smallest absolute Gasteiger partial charge is 0.0450 e. The molecule has 1 saturated heterocycles. The molecule has 0 aliphatic carbocycles. The summed E-state index contributed by atoms with van der Waals surface area (Å²) in [5, 5.41) is 0. The minimum atomic E-state index is 0.0935. The Morgan fingerprint density at radius 1 is 1.25 bits per heavy atom. The topological polar surface area (TPSA) is 32.5 Å². The van der Waals surface area contributed by atoms with E-state index in [1.54, 1.807) is 0 Å². The lowest BCUT2D eigenvalue weighted by atomic mass is 9.98. The van der Waals surface area contributed by atoms with Crippen LogP contribution in [0.3, 0.4) is 0 Å². The van der Waals surface area contributed by atoms with Gasteiger partial charge in [-0.25, -0.2) is 0 Å². The van der Waals surface area contributed by atoms with Crippen molar-refractivity contribution < 1.29 is 0 Å². The van der Waals surface area contributed by atoms with Gasteiger partial charge in [-0.1, -0.05) is 36.8 Å². The summed E-state index contributed by atoms with van der Waals surface area (Å²) in [6, 6.07) is 9.75. The number of benzene rings is 1. The van der Waals surface area contributed by atoms with Gasteiger partial charge in [-0.15, -0.1) is 0 Å². The number of nitrogens with zero attached hydrogens (tertiary/aromatic N) is 2. The van der Waals surface area contributed by atoms with Crippen LogP contribution in [-0.4, -0.2) is 48.1 Å². The van der Waals surface area contributed by atoms with Gasteiger partial charge < -0.3 is 5.73 Å². The van der Waals surface area contributed by atoms with E-state index in [-0.39, 0.29) is 6.04 Å². The largest absolute Gasteiger partial charge is 0.323 e. The Hall–Kier alpha value is -0.900. The van der Waals surface area contributed by atoms with Crippen LogP contribution in [-0.2, 0) is 0 Å². The molecule has 0 aromatic heterocycles. The molecule has 1 aliphatic heterocycles. The third kappa shape index (κ3) is 3.40. The Balaban J connectivity index is 2.00. The van der Waals surface area contributed by atoms with Gasteiger partial charge in [0.2, 0.25) is 0 Å². The average Bonchev–Trinajstić information content (AvgIpc) is 2.46. The van der Waals surface area contributed by atoms with Gasteiger partial charge in [-0.05, 0) is 32.9 Å². The summed E-state index contributed by atoms with van der Waals surface area (Å²) in [4.78, 5) is 5.09. The van der Waals surface area contributed by atoms with Crippen LogP contribution in [0.4, 0.5) is 0 Å². The number of aryl methyl sites for hydroxylation is 1. The standard InChI is InChI=1S/C17H29N3/c1-5-19-10-11-20(12-14(19)3)15(4)17(18)16-8-6-13(2)7-9-16/h6-9,14-15,17H,5,10-12,18H2,1-4H3. The number of hydrogen-bond donors (Lipinski definition) is 1. The second-order valence-corrected chi connectivity index (χ2v) is 6.15. The summed E-state index contributed by atoms with van der Waals surface area (Å²) >= 11 is 0. The van der Waals surface area contributed by atoms with Gasteiger partial charge in [0, 0.05) is 37.8 Å². The van der Waals surface area contributed by atoms with Crippen molar-refractivity contribution in [3.63, 3.8) is 0 Å². The van der Waals surface area contributed by atoms with Crippen molar-refractivity contribution >= 4 is 0 Å². The fourth-order valence-electron chi connectivity index (χ4n) is 3.16. The number of piperazine rings is 1. The second kappa shape index (κ2) is 6.70. The van der Waals surface area contributed by atoms with E-state index in [2.05, 4.69) is 61.8 Å². The maximum Gasteiger partial charge on any atom is 0.0450 e. The van der Waals surface area contributed by atoms with Gasteiger partial charge in [-0.2, -0.15) is 0 Å². The van der Waals surface area contributed by atoms with Gasteiger partial charge in [0.25, 0.3) is 0 Å². The van der Waals surface area contributed by atoms with E-state index >= 15 is 0 Å². The first-order chi connectivity index (χ1) is 9.52. The lowest BCUT2D eigenvalue weighted by Crippen LogP contribution is -2.55. The molecule has 1 fully saturated rings. The quantitative estimate of drug-likeness (QED) is 0.916. The Morgan fingerprint density at radius 3 is 2.45 bits per heavy atom. The predicted octanol–water partition coefficient (Wildman–Crippen LogP) is 2.41. The third-order valence-electron chi connectivity index (χ3n) is 4.76. The van der Waals surface area contributed by atoms with E-state index in [4.69, 9.17) is 5.73 Å². The molecule has 3 nitrogen and oxygen atoms in total. The molecule has 0 spiro atoms. The highest BCUT2D eigenvalue weighted by Gasteiger charge is 2.28. The fourth-order valence-corrected chi connectivity index (χ4v) is 3.16. The summed E-state index contributed by atoms with van der Waals surface area (Å²) in [5.41, 5.74) is 9.01. The maximum atomic E-state index is 6.48. The molecule has 3 heteroatoms. The SMILES string of the molecule is CCN1CCN(C(C)C(N)c2ccc(C)cc2)CC1C. The molecule has 0 amide bonds. The van der Waals surface area contributed by atoms with Crippen LogP contribution in [0, 0.1) is 6.92 Å². The predicted molar refractivity (Wildman–Crippen MR) is 85.9 cm³/mol. The lowest BCUT2D eigenvalue weighted by Gasteiger charge is -2.43. The highest BCUT2D eigenvalue weighted by atomic mass is 15.3. The number of hydrogen-bond acceptors (Lipinski definition) is 3. The minimum absolute atomic E-state index is 0.0935. The van der Waals surface area contributed by atoms with Gasteiger partial charge in [-0.3, -0.25) is 9.80 Å². The molecular weight excluding hydrogens is 246 g/mol. The Kier molecular flexibility index (Phi) is 5.19. The van der Waals surface area contributed by atoms with Gasteiger partial charge >= 0.3 is 0 Å². The summed E-state index contributed by atoms with van der Waals surface area (Å²) in [6.07, 6.45) is 0. The average molecular weight is 275 g/mol. The van der Waals surface area contributed by atoms with Crippen LogP contribution in [0.25, 0.3) is 0 Å². The minimum Gasteiger partial charge on any atom is -0.323 e. The molecule has 3 unspecified atom stereocenters. The van der Waals surface area contributed by atoms with Gasteiger partial charge in [0.1, 0.15) is 0 Å². The molecule has 1 aliphatic rings. The summed E-state index contributed by atoms with van der Waals surface area (Å²) < 4.78 is 0. The highest BCUT2D eigenvalue weighted by Crippen LogP contribution is 2.21. The van der Waals surface area contributed by atoms with Crippen LogP contribution >= 0.6 is 0 Å². The van der Waals surface area contributed by atoms with E-state index in [0.29, 0.717) is 12.1 Å². The van der Waals surface area contributed by atoms with Crippen LogP contribution in [0.5, 0.6) is 0 Å². The van der Waals surface area contributed by atoms with Gasteiger partial charge in [0.15, 0.2) is 0 Å². The molecule has 1 aromatic rings. The molecule has 3 atom stereocenters. The summed E-state index contributed by atoms with van der Waals surface area (Å²) in [5.74, 6) is 0. The molecule has 0 saturated carbocycles. The zero-order valence-electron chi connectivity index (χ0n) is 13.3. The lowest BCUT2D eigenvalue weighted by molar-refractivity contribution is 0.0559. The Bertz CT molecular complexity index is 415. The van der Waals surface area contributed by atoms with Crippen molar-refractivity contribution in [1.29, 1.82) is 0 Å². The maximum absolute atomic E-state index is 6.48. The first-order valence-electron chi connectivity index (χ1n) is 7.83. The van der Waals surface area contributed by atoms with Crippen LogP contribution in [0.2, 0.25) is 0 Å². The van der Waals surface area contributed by atoms with E-state index in [1.165, 1.54) is 11.1 Å². The zero-order valence-corrected chi connectivity index (χ0v) is 13.3. The van der Waals surface area contributed by atoms with E-state index < -0.39 is 0 Å². The number of likely N-dealkylation sites (N-methyl/N-ethyl adjacent to an activating group) is 1. The summed E-state index contributed by atoms with van der Waals surface area (Å²) in [6.45, 7) is 13.5. The first-order valence-corrected chi connectivity index (χ1v) is 7.83. The molecule has 1 aromatic carbocycles. The summed E-state index contributed by atoms with van der Waals surface area (Å²) in [7, 11) is 0. The molecule has 20 heavy (non-hydrogen) atoms. The Labute approximate surface area is 123 Å². The van der Waals surface area contributed by atoms with E-state index in [9.17, 15) is 0 Å². The highest BCUT2D eigenvalue weighted by molar-refractivity contribution is 5.24. The van der Waals surface area contributed by atoms with Crippen molar-refractivity contribution in [3.8, 4) is 0 Å². The number of rotatable bonds is 4. The van der Waals surface area contributed by atoms with Crippen molar-refractivity contribution in [3.05, 3.63) is 35.4 Å². The third-order valence-corrected chi connectivity index (χ3v) is 4.76. The molecule has 1 heterocycles. The van der Waals surface area contributed by atoms with Gasteiger partial charge in [0.05, 0.1) is 0 Å². The normalized spacial score (nSPS) is 24.6. The van der Waals surface area contributed by atoms with E-state index in [1.807, 2.05) is 0 Å². The molecule has 2 N–H and O–H groups in total. The first kappa shape index (κ1) is 15.5. The van der Waals surface area contributed by atoms with Crippen LogP contribution in [0.1, 0.15) is 37.9 Å². The molecule has 2 rings (SSSR count). The van der Waals surface area contributed by atoms with Crippen molar-refractivity contribution in [2.75, 3.05) is 26.2 Å². The zero-order chi connectivity index (χ0) is 14.7. The monoisotopic (exact) mass is 275 g/mol. The molecule has 0 radical (unpaired) electrons. The van der Waals surface area contributed by atoms with Crippen molar-refractivity contribution in [2.45, 2.75) is 45.8 Å². The fraction of sp³-hybridized carbons (Fsp3) is 0.647. The van der Waals surface area contributed by atoms with E-state index in [0.717, 1.165) is 26.2 Å². The van der Waals surface area contributed by atoms with Crippen molar-refractivity contribution in [2.24, 2.45) is 5.73 Å². The van der Waals surface area contributed by atoms with Crippen LogP contribution in [0.15, 0.2) is 24.3 Å². The Morgan fingerprint density at radius 2 is 1.90 bits per heavy atom. The molecule has 0 bridgehead atoms.